The van der Waals surface area contributed by atoms with Crippen LogP contribution in [0.4, 0.5) is 22.0 Å². The predicted molar refractivity (Wildman–Crippen MR) is 30.3 cm³/mol. The summed E-state index contributed by atoms with van der Waals surface area (Å²) >= 11 is 0. The molecule has 76 valence electrons. The molecule has 0 bridgehead atoms. The highest BCUT2D eigenvalue weighted by Gasteiger charge is 2.71. The van der Waals surface area contributed by atoms with Gasteiger partial charge < -0.3 is 9.11 Å². The molecule has 0 rings (SSSR count). The van der Waals surface area contributed by atoms with Crippen molar-refractivity contribution in [3.05, 3.63) is 0 Å². The molecule has 12 heavy (non-hydrogen) atoms. The smallest absolute Gasteiger partial charge is 0.303 e. The van der Waals surface area contributed by atoms with Crippen LogP contribution in [-0.4, -0.2) is 31.0 Å². The first-order valence-electron chi connectivity index (χ1n) is 2.34. The quantitative estimate of drug-likeness (QED) is 0.653. The van der Waals surface area contributed by atoms with E-state index >= 15 is 0 Å². The number of hydrogen-bond acceptors (Lipinski definition) is 1. The Hall–Kier alpha value is -0.280. The zero-order valence-corrected chi connectivity index (χ0v) is 6.42. The van der Waals surface area contributed by atoms with Gasteiger partial charge in [0.2, 0.25) is 0 Å². The van der Waals surface area contributed by atoms with Crippen LogP contribution in [0, 0.1) is 0 Å². The molecule has 9 heteroatoms. The lowest BCUT2D eigenvalue weighted by atomic mass is 10.7. The van der Waals surface area contributed by atoms with Gasteiger partial charge >= 0.3 is 11.4 Å². The van der Waals surface area contributed by atoms with Gasteiger partial charge in [-0.25, -0.2) is 4.21 Å². The van der Waals surface area contributed by atoms with Crippen LogP contribution < -0.4 is 0 Å². The highest BCUT2D eigenvalue weighted by molar-refractivity contribution is 8.10. The summed E-state index contributed by atoms with van der Waals surface area (Å²) in [6.07, 6.45) is -6.72. The Morgan fingerprint density at radius 3 is 1.33 bits per heavy atom. The first-order chi connectivity index (χ1) is 4.76. The Morgan fingerprint density at radius 1 is 1.08 bits per heavy atom. The molecule has 0 saturated carbocycles. The third-order valence-electron chi connectivity index (χ3n) is 0.920. The van der Waals surface area contributed by atoms with Gasteiger partial charge in [0.05, 0.1) is 0 Å². The van der Waals surface area contributed by atoms with Crippen molar-refractivity contribution in [1.82, 2.24) is 0 Å². The van der Waals surface area contributed by atoms with Gasteiger partial charge in [0, 0.05) is 6.26 Å². The van der Waals surface area contributed by atoms with E-state index in [9.17, 15) is 26.2 Å². The summed E-state index contributed by atoms with van der Waals surface area (Å²) in [4.78, 5) is 0. The third-order valence-corrected chi connectivity index (χ3v) is 2.33. The zero-order valence-electron chi connectivity index (χ0n) is 5.60. The highest BCUT2D eigenvalue weighted by atomic mass is 32.3. The lowest BCUT2D eigenvalue weighted by Gasteiger charge is -2.34. The van der Waals surface area contributed by atoms with E-state index in [0.29, 0.717) is 0 Å². The van der Waals surface area contributed by atoms with Crippen LogP contribution in [0.5, 0.6) is 0 Å². The molecule has 0 atom stereocenters. The number of hydrogen-bond donors (Lipinski definition) is 2. The van der Waals surface area contributed by atoms with Crippen LogP contribution in [0.15, 0.2) is 0 Å². The van der Waals surface area contributed by atoms with E-state index < -0.39 is 27.3 Å². The average Bonchev–Trinajstić information content (AvgIpc) is 1.55. The molecule has 0 fully saturated rings. The predicted octanol–water partition coefficient (Wildman–Crippen LogP) is 1.54. The molecule has 0 radical (unpaired) electrons. The summed E-state index contributed by atoms with van der Waals surface area (Å²) in [7, 11) is -6.95. The van der Waals surface area contributed by atoms with Crippen molar-refractivity contribution in [3.8, 4) is 0 Å². The Balaban J connectivity index is 5.31. The number of halogens is 5. The minimum absolute atomic E-state index is 0.468. The van der Waals surface area contributed by atoms with E-state index in [4.69, 9.17) is 9.11 Å². The van der Waals surface area contributed by atoms with Gasteiger partial charge in [0.15, 0.2) is 9.63 Å². The van der Waals surface area contributed by atoms with E-state index in [1.165, 1.54) is 0 Å². The van der Waals surface area contributed by atoms with Gasteiger partial charge in [0.1, 0.15) is 0 Å². The fourth-order valence-electron chi connectivity index (χ4n) is 0.266. The van der Waals surface area contributed by atoms with Crippen molar-refractivity contribution < 1.29 is 35.3 Å². The Kier molecular flexibility index (Phi) is 2.10. The summed E-state index contributed by atoms with van der Waals surface area (Å²) < 4.78 is 83.9. The second-order valence-corrected chi connectivity index (χ2v) is 5.22. The molecule has 2 N–H and O–H groups in total. The fraction of sp³-hybridized carbons (Fsp3) is 1.00. The van der Waals surface area contributed by atoms with Crippen LogP contribution in [0.1, 0.15) is 0 Å². The molecule has 0 amide bonds. The van der Waals surface area contributed by atoms with Crippen molar-refractivity contribution >= 4 is 9.63 Å². The van der Waals surface area contributed by atoms with E-state index in [1.807, 2.05) is 0 Å². The van der Waals surface area contributed by atoms with Crippen molar-refractivity contribution in [3.63, 3.8) is 0 Å². The fourth-order valence-corrected chi connectivity index (χ4v) is 0.799. The van der Waals surface area contributed by atoms with E-state index in [1.54, 1.807) is 0 Å². The maximum Gasteiger partial charge on any atom is 0.469 e. The molecule has 0 spiro atoms. The lowest BCUT2D eigenvalue weighted by molar-refractivity contribution is -0.247. The van der Waals surface area contributed by atoms with Crippen LogP contribution in [0.3, 0.4) is 0 Å². The van der Waals surface area contributed by atoms with Crippen LogP contribution in [0.2, 0.25) is 0 Å². The minimum atomic E-state index is -6.95. The molecule has 0 aromatic rings. The molecular formula is C3H5F5O3S. The topological polar surface area (TPSA) is 57.5 Å². The van der Waals surface area contributed by atoms with Gasteiger partial charge in [-0.05, 0) is 0 Å². The molecule has 3 nitrogen and oxygen atoms in total. The van der Waals surface area contributed by atoms with Crippen molar-refractivity contribution in [2.75, 3.05) is 6.26 Å². The largest absolute Gasteiger partial charge is 0.469 e. The summed E-state index contributed by atoms with van der Waals surface area (Å²) in [5.74, 6) is 0. The van der Waals surface area contributed by atoms with Crippen LogP contribution in [0.25, 0.3) is 0 Å². The molecular weight excluding hydrogens is 211 g/mol. The molecule has 0 aromatic carbocycles. The van der Waals surface area contributed by atoms with Crippen molar-refractivity contribution in [2.24, 2.45) is 0 Å². The Labute approximate surface area is 63.6 Å². The maximum absolute atomic E-state index is 11.9. The monoisotopic (exact) mass is 216 g/mol. The standard InChI is InChI=1S/C3H5F5O3S/c1-12(9,10,11)3(7,8)2(4,5)6/h1H3,(H2,9,10,11). The molecule has 0 saturated heterocycles. The van der Waals surface area contributed by atoms with Crippen molar-refractivity contribution in [2.45, 2.75) is 11.4 Å². The second kappa shape index (κ2) is 2.15. The first-order valence-corrected chi connectivity index (χ1v) is 4.63. The molecule has 0 unspecified atom stereocenters. The molecule has 0 aliphatic carbocycles. The molecule has 0 aliphatic rings. The molecule has 0 aliphatic heterocycles. The van der Waals surface area contributed by atoms with Crippen LogP contribution >= 0.6 is 0 Å². The van der Waals surface area contributed by atoms with Crippen LogP contribution in [-0.2, 0) is 9.63 Å². The number of alkyl halides is 5. The Bertz CT molecular complexity index is 238. The Morgan fingerprint density at radius 2 is 1.33 bits per heavy atom. The normalized spacial score (nSPS) is 18.5. The van der Waals surface area contributed by atoms with E-state index in [0.717, 1.165) is 0 Å². The lowest BCUT2D eigenvalue weighted by Crippen LogP contribution is -2.57. The SMILES string of the molecule is CS(=O)(O)(O)C(F)(F)C(F)(F)F. The highest BCUT2D eigenvalue weighted by Crippen LogP contribution is 2.47. The van der Waals surface area contributed by atoms with Gasteiger partial charge in [-0.1, -0.05) is 0 Å². The zero-order chi connectivity index (χ0) is 10.4. The minimum Gasteiger partial charge on any atom is -0.303 e. The summed E-state index contributed by atoms with van der Waals surface area (Å²) in [6.45, 7) is 0. The summed E-state index contributed by atoms with van der Waals surface area (Å²) in [5.41, 5.74) is 0. The van der Waals surface area contributed by atoms with E-state index in [-0.39, 0.29) is 0 Å². The molecule has 0 aromatic heterocycles. The average molecular weight is 216 g/mol. The van der Waals surface area contributed by atoms with Crippen molar-refractivity contribution in [1.29, 1.82) is 0 Å². The third kappa shape index (κ3) is 1.72. The number of rotatable bonds is 1. The van der Waals surface area contributed by atoms with Gasteiger partial charge in [-0.3, -0.25) is 0 Å². The maximum atomic E-state index is 11.9. The van der Waals surface area contributed by atoms with E-state index in [2.05, 4.69) is 0 Å². The molecule has 0 heterocycles. The first kappa shape index (κ1) is 11.7. The van der Waals surface area contributed by atoms with Gasteiger partial charge in [0.25, 0.3) is 0 Å². The van der Waals surface area contributed by atoms with Gasteiger partial charge in [-0.15, -0.1) is 0 Å². The summed E-state index contributed by atoms with van der Waals surface area (Å²) in [5, 5.41) is -6.02. The summed E-state index contributed by atoms with van der Waals surface area (Å²) in [6, 6.07) is 0. The van der Waals surface area contributed by atoms with Gasteiger partial charge in [-0.2, -0.15) is 22.0 Å². The second-order valence-electron chi connectivity index (χ2n) is 2.25.